The van der Waals surface area contributed by atoms with E-state index in [2.05, 4.69) is 6.07 Å². The molecule has 1 aromatic carbocycles. The van der Waals surface area contributed by atoms with E-state index < -0.39 is 7.26 Å². The van der Waals surface area contributed by atoms with Gasteiger partial charge in [-0.1, -0.05) is 18.9 Å². The highest BCUT2D eigenvalue weighted by Crippen LogP contribution is 2.74. The fraction of sp³-hybridized carbons (Fsp3) is 0.588. The minimum Gasteiger partial charge on any atom is -0.304 e. The van der Waals surface area contributed by atoms with E-state index in [0.29, 0.717) is 11.3 Å². The minimum absolute atomic E-state index is 0.110. The van der Waals surface area contributed by atoms with Crippen LogP contribution in [0.2, 0.25) is 0 Å². The highest BCUT2D eigenvalue weighted by Gasteiger charge is 2.48. The van der Waals surface area contributed by atoms with Crippen LogP contribution in [-0.4, -0.2) is 11.3 Å². The molecule has 0 bridgehead atoms. The molecule has 0 atom stereocenters. The average molecular weight is 313 g/mol. The van der Waals surface area contributed by atoms with Crippen LogP contribution in [0.4, 0.5) is 4.39 Å². The third kappa shape index (κ3) is 2.53. The van der Waals surface area contributed by atoms with Gasteiger partial charge in [-0.2, -0.15) is 0 Å². The number of hydrogen-bond acceptors (Lipinski definition) is 0. The second-order valence-corrected chi connectivity index (χ2v) is 10.7. The van der Waals surface area contributed by atoms with Gasteiger partial charge in [0.2, 0.25) is 0 Å². The van der Waals surface area contributed by atoms with Gasteiger partial charge in [-0.3, -0.25) is 0 Å². The maximum absolute atomic E-state index is 13.8. The summed E-state index contributed by atoms with van der Waals surface area (Å²) < 4.78 is 13.8. The lowest BCUT2D eigenvalue weighted by Crippen LogP contribution is -2.29. The number of benzene rings is 1. The van der Waals surface area contributed by atoms with Gasteiger partial charge in [0.05, 0.1) is 5.30 Å². The molecular weight excluding hydrogens is 290 g/mol. The summed E-state index contributed by atoms with van der Waals surface area (Å²) in [5.41, 5.74) is 3.41. The molecule has 0 unspecified atom stereocenters. The summed E-state index contributed by atoms with van der Waals surface area (Å²) in [4.78, 5) is 0. The van der Waals surface area contributed by atoms with Crippen LogP contribution in [0.1, 0.15) is 51.4 Å². The molecule has 2 aliphatic rings. The zero-order chi connectivity index (χ0) is 14.0. The Morgan fingerprint density at radius 2 is 1.55 bits per heavy atom. The van der Waals surface area contributed by atoms with Crippen molar-refractivity contribution in [3.63, 3.8) is 0 Å². The lowest BCUT2D eigenvalue weighted by atomic mass is 10.3. The van der Waals surface area contributed by atoms with Crippen molar-refractivity contribution in [1.82, 2.24) is 0 Å². The molecule has 0 spiro atoms. The summed E-state index contributed by atoms with van der Waals surface area (Å²) in [5, 5.41) is 1.21. The zero-order valence-electron chi connectivity index (χ0n) is 11.9. The maximum Gasteiger partial charge on any atom is 0.127 e. The van der Waals surface area contributed by atoms with Crippen molar-refractivity contribution in [1.29, 1.82) is 0 Å². The van der Waals surface area contributed by atoms with Gasteiger partial charge in [-0.15, -0.1) is 0 Å². The van der Waals surface area contributed by atoms with Gasteiger partial charge >= 0.3 is 0 Å². The maximum atomic E-state index is 13.8. The summed E-state index contributed by atoms with van der Waals surface area (Å²) in [6.45, 7) is 0. The van der Waals surface area contributed by atoms with Gasteiger partial charge in [0, 0.05) is 17.4 Å². The fourth-order valence-electron chi connectivity index (χ4n) is 4.32. The molecular formula is C17H23ClFP. The predicted octanol–water partition coefficient (Wildman–Crippen LogP) is 5.71. The first-order valence-corrected chi connectivity index (χ1v) is 10.3. The van der Waals surface area contributed by atoms with Gasteiger partial charge in [0.1, 0.15) is 5.82 Å². The quantitative estimate of drug-likeness (QED) is 0.493. The first-order chi connectivity index (χ1) is 9.77. The van der Waals surface area contributed by atoms with Gasteiger partial charge in [-0.25, -0.2) is 4.39 Å². The Morgan fingerprint density at radius 1 is 1.00 bits per heavy atom. The van der Waals surface area contributed by atoms with E-state index in [0.717, 1.165) is 0 Å². The number of halogens is 2. The summed E-state index contributed by atoms with van der Waals surface area (Å²) >= 11 is 6.47. The van der Waals surface area contributed by atoms with Crippen molar-refractivity contribution in [2.75, 3.05) is 0 Å². The van der Waals surface area contributed by atoms with Crippen molar-refractivity contribution in [3.8, 4) is 0 Å². The van der Waals surface area contributed by atoms with Crippen LogP contribution in [0.3, 0.4) is 0 Å². The molecule has 20 heavy (non-hydrogen) atoms. The molecule has 0 saturated heterocycles. The third-order valence-electron chi connectivity index (χ3n) is 5.27. The Morgan fingerprint density at radius 3 is 2.00 bits per heavy atom. The zero-order valence-corrected chi connectivity index (χ0v) is 13.6. The van der Waals surface area contributed by atoms with Crippen LogP contribution in [-0.2, 0) is 0 Å². The van der Waals surface area contributed by atoms with Crippen molar-refractivity contribution in [2.45, 2.75) is 62.7 Å². The first kappa shape index (κ1) is 14.8. The van der Waals surface area contributed by atoms with Crippen molar-refractivity contribution < 1.29 is 4.39 Å². The summed E-state index contributed by atoms with van der Waals surface area (Å²) in [6.07, 6.45) is 10.4. The van der Waals surface area contributed by atoms with Crippen LogP contribution >= 0.6 is 18.9 Å². The molecule has 0 amide bonds. The third-order valence-corrected chi connectivity index (χ3v) is 11.2. The minimum atomic E-state index is -1.55. The Labute approximate surface area is 127 Å². The first-order valence-electron chi connectivity index (χ1n) is 7.86. The monoisotopic (exact) mass is 312 g/mol. The molecule has 1 aromatic rings. The highest BCUT2D eigenvalue weighted by atomic mass is 35.5. The molecule has 0 aromatic heterocycles. The molecule has 0 aliphatic heterocycles. The van der Waals surface area contributed by atoms with E-state index >= 15 is 0 Å². The van der Waals surface area contributed by atoms with Crippen LogP contribution < -0.4 is 5.30 Å². The summed E-state index contributed by atoms with van der Waals surface area (Å²) in [7, 11) is -1.55. The second kappa shape index (κ2) is 6.32. The average Bonchev–Trinajstić information content (AvgIpc) is 3.14. The molecule has 0 heterocycles. The number of hydrogen-bond donors (Lipinski definition) is 0. The fourth-order valence-corrected chi connectivity index (χ4v) is 10.6. The Bertz CT molecular complexity index is 434. The number of rotatable bonds is 4. The highest BCUT2D eigenvalue weighted by molar-refractivity contribution is 7.87. The lowest BCUT2D eigenvalue weighted by molar-refractivity contribution is 0.629. The van der Waals surface area contributed by atoms with Gasteiger partial charge < -0.3 is 11.6 Å². The van der Waals surface area contributed by atoms with Crippen LogP contribution in [0, 0.1) is 11.4 Å². The van der Waals surface area contributed by atoms with Crippen molar-refractivity contribution >= 4 is 24.2 Å². The van der Waals surface area contributed by atoms with Gasteiger partial charge in [0.15, 0.2) is 0 Å². The smallest absolute Gasteiger partial charge is 0.127 e. The normalized spacial score (nSPS) is 21.7. The molecule has 2 aliphatic carbocycles. The second-order valence-electron chi connectivity index (χ2n) is 6.29. The lowest BCUT2D eigenvalue weighted by Gasteiger charge is -2.43. The summed E-state index contributed by atoms with van der Waals surface area (Å²) in [6, 6.07) is 7.31. The standard InChI is InChI=1S/C17H23ClFP/c18-13-20(15-7-1-2-8-15,16-9-3-4-10-16)17-11-5-6-14(19)12-17/h5-6,11-13,15-16H,1-4,7-10H2. The van der Waals surface area contributed by atoms with Crippen LogP contribution in [0.5, 0.6) is 0 Å². The van der Waals surface area contributed by atoms with E-state index in [9.17, 15) is 4.39 Å². The van der Waals surface area contributed by atoms with E-state index in [1.54, 1.807) is 12.1 Å². The molecule has 0 N–H and O–H groups in total. The summed E-state index contributed by atoms with van der Waals surface area (Å²) in [5.74, 6) is -0.110. The van der Waals surface area contributed by atoms with Gasteiger partial charge in [-0.05, 0) is 63.5 Å². The molecule has 2 fully saturated rings. The van der Waals surface area contributed by atoms with Crippen molar-refractivity contribution in [2.24, 2.45) is 0 Å². The topological polar surface area (TPSA) is 0 Å². The molecule has 0 nitrogen and oxygen atoms in total. The van der Waals surface area contributed by atoms with E-state index in [-0.39, 0.29) is 5.82 Å². The largest absolute Gasteiger partial charge is 0.304 e. The van der Waals surface area contributed by atoms with Crippen molar-refractivity contribution in [3.05, 3.63) is 35.7 Å². The molecule has 0 radical (unpaired) electrons. The van der Waals surface area contributed by atoms with Crippen LogP contribution in [0.25, 0.3) is 0 Å². The molecule has 3 heteroatoms. The van der Waals surface area contributed by atoms with E-state index in [4.69, 9.17) is 11.6 Å². The van der Waals surface area contributed by atoms with Crippen LogP contribution in [0.15, 0.2) is 24.3 Å². The Hall–Kier alpha value is -0.130. The molecule has 110 valence electrons. The Kier molecular flexibility index (Phi) is 4.68. The van der Waals surface area contributed by atoms with Gasteiger partial charge in [0.25, 0.3) is 0 Å². The predicted molar refractivity (Wildman–Crippen MR) is 87.6 cm³/mol. The molecule has 2 saturated carbocycles. The SMILES string of the molecule is Fc1cccc([P+]([CH-]Cl)(C2CCCC2)C2CCCC2)c1. The van der Waals surface area contributed by atoms with E-state index in [1.807, 2.05) is 11.7 Å². The molecule has 3 rings (SSSR count). The van der Waals surface area contributed by atoms with E-state index in [1.165, 1.54) is 56.7 Å². The Balaban J connectivity index is 2.04.